The van der Waals surface area contributed by atoms with Gasteiger partial charge in [0.15, 0.2) is 5.82 Å². The fourth-order valence-electron chi connectivity index (χ4n) is 3.96. The van der Waals surface area contributed by atoms with E-state index in [4.69, 9.17) is 9.97 Å². The molecule has 2 aromatic carbocycles. The van der Waals surface area contributed by atoms with Crippen LogP contribution in [0.25, 0.3) is 31.8 Å². The van der Waals surface area contributed by atoms with Crippen molar-refractivity contribution in [3.63, 3.8) is 0 Å². The van der Waals surface area contributed by atoms with Crippen LogP contribution in [-0.4, -0.2) is 42.1 Å². The van der Waals surface area contributed by atoms with Gasteiger partial charge in [0.05, 0.1) is 27.8 Å². The molecule has 0 unspecified atom stereocenters. The lowest BCUT2D eigenvalue weighted by atomic mass is 10.1. The van der Waals surface area contributed by atoms with Gasteiger partial charge in [0.2, 0.25) is 0 Å². The summed E-state index contributed by atoms with van der Waals surface area (Å²) in [5.74, 6) is 0.456. The number of pyridine rings is 1. The van der Waals surface area contributed by atoms with Crippen molar-refractivity contribution in [2.75, 3.05) is 6.54 Å². The van der Waals surface area contributed by atoms with E-state index in [1.165, 1.54) is 0 Å². The predicted molar refractivity (Wildman–Crippen MR) is 118 cm³/mol. The van der Waals surface area contributed by atoms with Crippen molar-refractivity contribution in [2.24, 2.45) is 0 Å². The van der Waals surface area contributed by atoms with Crippen molar-refractivity contribution in [2.45, 2.75) is 13.1 Å². The van der Waals surface area contributed by atoms with Crippen molar-refractivity contribution in [3.05, 3.63) is 76.5 Å². The number of carbonyl (C=O) groups excluding carboxylic acids is 1. The summed E-state index contributed by atoms with van der Waals surface area (Å²) in [4.78, 5) is 36.5. The molecule has 4 heterocycles. The Kier molecular flexibility index (Phi) is 3.97. The van der Waals surface area contributed by atoms with Crippen molar-refractivity contribution in [3.8, 4) is 10.7 Å². The first kappa shape index (κ1) is 18.0. The third-order valence-corrected chi connectivity index (χ3v) is 6.57. The number of thiazole rings is 1. The molecule has 0 radical (unpaired) electrons. The largest absolute Gasteiger partial charge is 0.343 e. The van der Waals surface area contributed by atoms with Crippen LogP contribution in [0.1, 0.15) is 16.2 Å². The smallest absolute Gasteiger partial charge is 0.329 e. The fraction of sp³-hybridized carbons (Fsp3) is 0.136. The Hall–Kier alpha value is -3.85. The molecule has 152 valence electrons. The topological polar surface area (TPSA) is 96.8 Å². The maximum absolute atomic E-state index is 13.5. The summed E-state index contributed by atoms with van der Waals surface area (Å²) >= 11 is 1.56. The molecule has 1 N–H and O–H groups in total. The molecular weight excluding hydrogens is 412 g/mol. The Morgan fingerprint density at radius 1 is 1.00 bits per heavy atom. The lowest BCUT2D eigenvalue weighted by molar-refractivity contribution is 0.0708. The first-order valence-corrected chi connectivity index (χ1v) is 10.7. The number of H-pyrrole nitrogens is 1. The van der Waals surface area contributed by atoms with Crippen LogP contribution >= 0.6 is 11.3 Å². The monoisotopic (exact) mass is 428 g/mol. The standard InChI is InChI=1S/C22H16N6O2S/c29-21(27-9-10-28-19(12-27)25-26-22(28)30)14-11-17(23-15-6-2-1-5-13(14)15)20-24-16-7-3-4-8-18(16)31-20/h1-8,11H,9-10,12H2,(H,26,30). The van der Waals surface area contributed by atoms with Crippen LogP contribution in [0.15, 0.2) is 59.4 Å². The number of para-hydroxylation sites is 2. The van der Waals surface area contributed by atoms with E-state index in [9.17, 15) is 9.59 Å². The highest BCUT2D eigenvalue weighted by Crippen LogP contribution is 2.32. The second-order valence-corrected chi connectivity index (χ2v) is 8.41. The van der Waals surface area contributed by atoms with E-state index in [0.29, 0.717) is 30.2 Å². The molecular formula is C22H16N6O2S. The first-order chi connectivity index (χ1) is 15.2. The maximum Gasteiger partial charge on any atom is 0.343 e. The molecule has 0 bridgehead atoms. The summed E-state index contributed by atoms with van der Waals surface area (Å²) in [5, 5.41) is 8.07. The van der Waals surface area contributed by atoms with Crippen LogP contribution in [0.5, 0.6) is 0 Å². The maximum atomic E-state index is 13.5. The average molecular weight is 428 g/mol. The molecule has 3 aromatic heterocycles. The van der Waals surface area contributed by atoms with Crippen molar-refractivity contribution in [1.29, 1.82) is 0 Å². The molecule has 1 aliphatic rings. The minimum absolute atomic E-state index is 0.109. The molecule has 6 rings (SSSR count). The molecule has 1 aliphatic heterocycles. The summed E-state index contributed by atoms with van der Waals surface area (Å²) in [7, 11) is 0. The highest BCUT2D eigenvalue weighted by Gasteiger charge is 2.26. The van der Waals surface area contributed by atoms with Gasteiger partial charge < -0.3 is 4.90 Å². The molecule has 0 saturated carbocycles. The SMILES string of the molecule is O=C(c1cc(-c2nc3ccccc3s2)nc2ccccc12)N1CCn2c(n[nH]c2=O)C1. The molecule has 0 aliphatic carbocycles. The molecule has 0 saturated heterocycles. The van der Waals surface area contributed by atoms with E-state index < -0.39 is 0 Å². The quantitative estimate of drug-likeness (QED) is 0.466. The average Bonchev–Trinajstić information content (AvgIpc) is 3.41. The number of aromatic amines is 1. The van der Waals surface area contributed by atoms with Gasteiger partial charge in [-0.1, -0.05) is 30.3 Å². The van der Waals surface area contributed by atoms with Crippen molar-refractivity contribution < 1.29 is 4.79 Å². The number of nitrogens with zero attached hydrogens (tertiary/aromatic N) is 5. The zero-order valence-corrected chi connectivity index (χ0v) is 17.1. The number of fused-ring (bicyclic) bond motifs is 3. The third kappa shape index (κ3) is 2.93. The fourth-order valence-corrected chi connectivity index (χ4v) is 4.89. The Labute approximate surface area is 179 Å². The van der Waals surface area contributed by atoms with Gasteiger partial charge in [-0.25, -0.2) is 19.9 Å². The number of nitrogens with one attached hydrogen (secondary N) is 1. The highest BCUT2D eigenvalue weighted by atomic mass is 32.1. The zero-order chi connectivity index (χ0) is 20.9. The van der Waals surface area contributed by atoms with Gasteiger partial charge in [0, 0.05) is 18.5 Å². The van der Waals surface area contributed by atoms with Crippen LogP contribution in [0.4, 0.5) is 0 Å². The Balaban J connectivity index is 1.46. The Bertz CT molecular complexity index is 1500. The Morgan fingerprint density at radius 2 is 1.81 bits per heavy atom. The van der Waals surface area contributed by atoms with Gasteiger partial charge in [-0.2, -0.15) is 5.10 Å². The number of hydrogen-bond acceptors (Lipinski definition) is 6. The van der Waals surface area contributed by atoms with E-state index in [1.807, 2.05) is 54.6 Å². The Morgan fingerprint density at radius 3 is 2.68 bits per heavy atom. The second-order valence-electron chi connectivity index (χ2n) is 7.38. The number of aromatic nitrogens is 5. The second kappa shape index (κ2) is 6.85. The number of hydrogen-bond donors (Lipinski definition) is 1. The summed E-state index contributed by atoms with van der Waals surface area (Å²) < 4.78 is 2.65. The van der Waals surface area contributed by atoms with Crippen LogP contribution in [-0.2, 0) is 13.1 Å². The number of rotatable bonds is 2. The van der Waals surface area contributed by atoms with Crippen LogP contribution in [0.3, 0.4) is 0 Å². The molecule has 31 heavy (non-hydrogen) atoms. The van der Waals surface area contributed by atoms with Crippen molar-refractivity contribution in [1.82, 2.24) is 29.6 Å². The van der Waals surface area contributed by atoms with Gasteiger partial charge in [0.25, 0.3) is 5.91 Å². The highest BCUT2D eigenvalue weighted by molar-refractivity contribution is 7.21. The molecule has 0 atom stereocenters. The number of benzene rings is 2. The van der Waals surface area contributed by atoms with Crippen molar-refractivity contribution >= 4 is 38.4 Å². The van der Waals surface area contributed by atoms with E-state index >= 15 is 0 Å². The lowest BCUT2D eigenvalue weighted by Gasteiger charge is -2.27. The van der Waals surface area contributed by atoms with E-state index in [0.717, 1.165) is 26.1 Å². The normalized spacial score (nSPS) is 13.6. The molecule has 9 heteroatoms. The van der Waals surface area contributed by atoms with Crippen LogP contribution in [0, 0.1) is 0 Å². The van der Waals surface area contributed by atoms with Gasteiger partial charge in [-0.3, -0.25) is 9.36 Å². The number of amides is 1. The van der Waals surface area contributed by atoms with Gasteiger partial charge in [-0.15, -0.1) is 11.3 Å². The summed E-state index contributed by atoms with van der Waals surface area (Å²) in [6.45, 7) is 1.15. The van der Waals surface area contributed by atoms with Crippen LogP contribution < -0.4 is 5.69 Å². The lowest BCUT2D eigenvalue weighted by Crippen LogP contribution is -2.40. The molecule has 5 aromatic rings. The summed E-state index contributed by atoms with van der Waals surface area (Å²) in [6, 6.07) is 17.4. The van der Waals surface area contributed by atoms with E-state index in [2.05, 4.69) is 10.2 Å². The molecule has 8 nitrogen and oxygen atoms in total. The summed E-state index contributed by atoms with van der Waals surface area (Å²) in [5.41, 5.74) is 2.67. The summed E-state index contributed by atoms with van der Waals surface area (Å²) in [6.07, 6.45) is 0. The molecule has 1 amide bonds. The van der Waals surface area contributed by atoms with Crippen LogP contribution in [0.2, 0.25) is 0 Å². The first-order valence-electron chi connectivity index (χ1n) is 9.86. The van der Waals surface area contributed by atoms with Gasteiger partial charge in [0.1, 0.15) is 10.7 Å². The van der Waals surface area contributed by atoms with Gasteiger partial charge in [-0.05, 0) is 24.3 Å². The van der Waals surface area contributed by atoms with E-state index in [1.54, 1.807) is 20.8 Å². The minimum atomic E-state index is -0.241. The molecule has 0 fully saturated rings. The van der Waals surface area contributed by atoms with Gasteiger partial charge >= 0.3 is 5.69 Å². The van der Waals surface area contributed by atoms with E-state index in [-0.39, 0.29) is 18.1 Å². The number of carbonyl (C=O) groups is 1. The molecule has 0 spiro atoms. The minimum Gasteiger partial charge on any atom is -0.329 e. The predicted octanol–water partition coefficient (Wildman–Crippen LogP) is 3.05. The zero-order valence-electron chi connectivity index (χ0n) is 16.3. The third-order valence-electron chi connectivity index (χ3n) is 5.51.